The van der Waals surface area contributed by atoms with E-state index in [1.54, 1.807) is 82.6 Å². The SMILES string of the molecule is CCCCOc1c2cc(N(C(=O)c3ccccc3)C(C(=O)NC3CCCCC3)c3ccc(C)cc3)cc1Cc1cc(NC=O)cc(c1O)Cc1cc(N(C(=O)c3ccccc3)C(C(=O)NC3CCCCC3)c3ccc(C)cc3)cc(c1OCCCC)Cc1cc(NC=O)cc(c1O)C2. The number of benzene rings is 8. The Bertz CT molecular complexity index is 3770. The summed E-state index contributed by atoms with van der Waals surface area (Å²) in [4.78, 5) is 91.4. The molecule has 6 N–H and O–H groups in total. The minimum absolute atomic E-state index is 0.0604. The first kappa shape index (κ1) is 69.1. The number of nitrogens with zero attached hydrogens (tertiary/aromatic N) is 2. The van der Waals surface area contributed by atoms with Gasteiger partial charge in [0.15, 0.2) is 0 Å². The summed E-state index contributed by atoms with van der Waals surface area (Å²) >= 11 is 0. The largest absolute Gasteiger partial charge is 0.507 e. The molecule has 98 heavy (non-hydrogen) atoms. The van der Waals surface area contributed by atoms with E-state index in [1.807, 2.05) is 98.8 Å². The van der Waals surface area contributed by atoms with Crippen molar-refractivity contribution < 1.29 is 48.5 Å². The van der Waals surface area contributed by atoms with Crippen LogP contribution < -0.4 is 40.5 Å². The van der Waals surface area contributed by atoms with Crippen LogP contribution in [-0.4, -0.2) is 72.0 Å². The van der Waals surface area contributed by atoms with E-state index in [0.717, 1.165) is 88.2 Å². The average Bonchev–Trinajstić information content (AvgIpc) is 0.766. The number of unbranched alkanes of at least 4 members (excludes halogenated alkanes) is 2. The van der Waals surface area contributed by atoms with Crippen molar-refractivity contribution >= 4 is 59.2 Å². The summed E-state index contributed by atoms with van der Waals surface area (Å²) in [5.41, 5.74) is 8.54. The molecule has 6 amide bonds. The molecule has 0 heterocycles. The van der Waals surface area contributed by atoms with Crippen LogP contribution in [0.3, 0.4) is 0 Å². The van der Waals surface area contributed by atoms with E-state index in [2.05, 4.69) is 35.1 Å². The van der Waals surface area contributed by atoms with E-state index in [-0.39, 0.29) is 74.3 Å². The van der Waals surface area contributed by atoms with Crippen LogP contribution in [0.2, 0.25) is 0 Å². The number of fused-ring (bicyclic) bond motifs is 8. The number of amides is 6. The number of carbonyl (C=O) groups is 6. The van der Waals surface area contributed by atoms with Gasteiger partial charge >= 0.3 is 0 Å². The van der Waals surface area contributed by atoms with Gasteiger partial charge in [-0.25, -0.2) is 0 Å². The quantitative estimate of drug-likeness (QED) is 0.0191. The Labute approximate surface area is 575 Å². The Morgan fingerprint density at radius 2 is 0.786 bits per heavy atom. The molecule has 2 unspecified atom stereocenters. The highest BCUT2D eigenvalue weighted by Gasteiger charge is 2.39. The zero-order chi connectivity index (χ0) is 68.7. The van der Waals surface area contributed by atoms with Gasteiger partial charge in [0.1, 0.15) is 35.1 Å². The summed E-state index contributed by atoms with van der Waals surface area (Å²) in [6, 6.07) is 44.4. The molecule has 16 nitrogen and oxygen atoms in total. The summed E-state index contributed by atoms with van der Waals surface area (Å²) in [5.74, 6) is -1.08. The van der Waals surface area contributed by atoms with Gasteiger partial charge in [-0.2, -0.15) is 0 Å². The number of hydrogen-bond donors (Lipinski definition) is 6. The maximum absolute atomic E-state index is 15.9. The smallest absolute Gasteiger partial charge is 0.259 e. The van der Waals surface area contributed by atoms with Gasteiger partial charge in [-0.1, -0.05) is 161 Å². The van der Waals surface area contributed by atoms with Crippen LogP contribution in [0.15, 0.2) is 158 Å². The van der Waals surface area contributed by atoms with Gasteiger partial charge in [0, 0.05) is 116 Å². The third kappa shape index (κ3) is 16.4. The number of rotatable bonds is 24. The van der Waals surface area contributed by atoms with Crippen LogP contribution in [0.4, 0.5) is 22.7 Å². The van der Waals surface area contributed by atoms with Crippen LogP contribution >= 0.6 is 0 Å². The van der Waals surface area contributed by atoms with Crippen LogP contribution in [0.5, 0.6) is 23.0 Å². The fourth-order valence-corrected chi connectivity index (χ4v) is 14.1. The van der Waals surface area contributed by atoms with E-state index in [1.165, 1.54) is 0 Å². The third-order valence-corrected chi connectivity index (χ3v) is 19.2. The van der Waals surface area contributed by atoms with Crippen molar-refractivity contribution in [1.29, 1.82) is 0 Å². The molecule has 16 heteroatoms. The minimum atomic E-state index is -1.21. The van der Waals surface area contributed by atoms with E-state index in [9.17, 15) is 19.8 Å². The van der Waals surface area contributed by atoms with Crippen molar-refractivity contribution in [3.05, 3.63) is 236 Å². The molecule has 0 aliphatic heterocycles. The molecule has 2 atom stereocenters. The number of carbonyl (C=O) groups excluding carboxylic acids is 6. The Hall–Kier alpha value is -10.2. The van der Waals surface area contributed by atoms with E-state index in [4.69, 9.17) is 9.47 Å². The summed E-state index contributed by atoms with van der Waals surface area (Å²) in [5, 5.41) is 39.0. The number of aromatic hydroxyl groups is 2. The van der Waals surface area contributed by atoms with Gasteiger partial charge in [-0.05, 0) is 136 Å². The number of phenolic OH excluding ortho intramolecular Hbond substituents is 2. The van der Waals surface area contributed by atoms with Crippen molar-refractivity contribution in [3.8, 4) is 23.0 Å². The Balaban J connectivity index is 1.18. The molecular formula is C82H90N6O10. The second-order valence-corrected chi connectivity index (χ2v) is 26.5. The summed E-state index contributed by atoms with van der Waals surface area (Å²) < 4.78 is 13.9. The fourth-order valence-electron chi connectivity index (χ4n) is 14.1. The van der Waals surface area contributed by atoms with Gasteiger partial charge in [-0.3, -0.25) is 38.6 Å². The molecule has 508 valence electrons. The molecule has 0 radical (unpaired) electrons. The van der Waals surface area contributed by atoms with Crippen molar-refractivity contribution in [2.75, 3.05) is 33.6 Å². The van der Waals surface area contributed by atoms with E-state index < -0.39 is 23.9 Å². The zero-order valence-corrected chi connectivity index (χ0v) is 56.7. The van der Waals surface area contributed by atoms with Gasteiger partial charge < -0.3 is 41.0 Å². The number of anilines is 4. The highest BCUT2D eigenvalue weighted by Crippen LogP contribution is 2.45. The second-order valence-electron chi connectivity index (χ2n) is 26.5. The Morgan fingerprint density at radius 1 is 0.459 bits per heavy atom. The second kappa shape index (κ2) is 32.7. The normalized spacial score (nSPS) is 14.6. The average molecular weight is 1320 g/mol. The first-order valence-corrected chi connectivity index (χ1v) is 34.9. The molecule has 0 aromatic heterocycles. The van der Waals surface area contributed by atoms with Crippen molar-refractivity contribution in [2.45, 2.75) is 167 Å². The minimum Gasteiger partial charge on any atom is -0.507 e. The van der Waals surface area contributed by atoms with Gasteiger partial charge in [-0.15, -0.1) is 0 Å². The molecule has 8 bridgehead atoms. The molecular weight excluding hydrogens is 1230 g/mol. The summed E-state index contributed by atoms with van der Waals surface area (Å²) in [6.45, 7) is 8.57. The lowest BCUT2D eigenvalue weighted by atomic mass is 9.89. The molecule has 11 rings (SSSR count). The number of ether oxygens (including phenoxy) is 2. The highest BCUT2D eigenvalue weighted by molar-refractivity contribution is 6.11. The van der Waals surface area contributed by atoms with Gasteiger partial charge in [0.25, 0.3) is 11.8 Å². The predicted octanol–water partition coefficient (Wildman–Crippen LogP) is 15.6. The first-order chi connectivity index (χ1) is 47.7. The molecule has 8 aromatic carbocycles. The van der Waals surface area contributed by atoms with Crippen molar-refractivity contribution in [2.24, 2.45) is 0 Å². The van der Waals surface area contributed by atoms with Crippen LogP contribution in [0, 0.1) is 13.8 Å². The lowest BCUT2D eigenvalue weighted by Crippen LogP contribution is -2.47. The number of nitrogens with one attached hydrogen (secondary N) is 4. The molecule has 3 aliphatic carbocycles. The maximum atomic E-state index is 15.9. The van der Waals surface area contributed by atoms with E-state index in [0.29, 0.717) is 127 Å². The Morgan fingerprint density at radius 3 is 1.09 bits per heavy atom. The van der Waals surface area contributed by atoms with Crippen LogP contribution in [0.1, 0.15) is 203 Å². The molecule has 2 saturated carbocycles. The van der Waals surface area contributed by atoms with Crippen molar-refractivity contribution in [3.63, 3.8) is 0 Å². The predicted molar refractivity (Wildman–Crippen MR) is 385 cm³/mol. The van der Waals surface area contributed by atoms with E-state index >= 15 is 19.2 Å². The topological polar surface area (TPSA) is 216 Å². The number of aryl methyl sites for hydroxylation is 2. The molecule has 8 aromatic rings. The number of hydrogen-bond acceptors (Lipinski definition) is 10. The third-order valence-electron chi connectivity index (χ3n) is 19.2. The van der Waals surface area contributed by atoms with Gasteiger partial charge in [0.05, 0.1) is 13.2 Å². The molecule has 2 fully saturated rings. The summed E-state index contributed by atoms with van der Waals surface area (Å²) in [7, 11) is 0. The van der Waals surface area contributed by atoms with Crippen molar-refractivity contribution in [1.82, 2.24) is 10.6 Å². The van der Waals surface area contributed by atoms with Gasteiger partial charge in [0.2, 0.25) is 24.6 Å². The Kier molecular flexibility index (Phi) is 23.1. The molecule has 0 saturated heterocycles. The number of phenols is 2. The standard InChI is InChI=1S/C82H90N6O10/c1-5-7-37-97-77-63-39-59-43-69(83-51-89)45-61(75(59)91)41-65-49-72(88(82(96)58-23-15-10-16-24-58)74(56-35-31-54(4)32-36-56)80(94)86-68-27-19-12-20-28-68)50-66(78(65)98-38-8-6-2)42-62-46-70(84-52-90)44-60(76(62)92)40-64(77)48-71(47-63)87(81(95)57-21-13-9-14-22-57)73(55-33-29-53(3)30-34-55)79(93)85-67-25-17-11-18-26-67/h9-10,13-16,21-24,29-36,43-52,67-68,73-74,91-92H,5-8,11-12,17-20,25-28,37-42H2,1-4H3,(H,83,89)(H,84,90)(H,85,93)(H,86,94). The fraction of sp³-hybridized carbons (Fsp3) is 0.341. The van der Waals surface area contributed by atoms with Crippen LogP contribution in [-0.2, 0) is 44.9 Å². The molecule has 3 aliphatic rings. The maximum Gasteiger partial charge on any atom is 0.259 e. The summed E-state index contributed by atoms with van der Waals surface area (Å²) in [6.07, 6.45) is 12.9. The zero-order valence-electron chi connectivity index (χ0n) is 56.7. The lowest BCUT2D eigenvalue weighted by Gasteiger charge is -2.34. The first-order valence-electron chi connectivity index (χ1n) is 34.9. The lowest BCUT2D eigenvalue weighted by molar-refractivity contribution is -0.124. The monoisotopic (exact) mass is 1320 g/mol. The highest BCUT2D eigenvalue weighted by atomic mass is 16.5. The molecule has 0 spiro atoms. The van der Waals surface area contributed by atoms with Crippen LogP contribution in [0.25, 0.3) is 0 Å².